The van der Waals surface area contributed by atoms with Crippen LogP contribution in [-0.2, 0) is 0 Å². The average Bonchev–Trinajstić information content (AvgIpc) is 2.20. The minimum Gasteiger partial charge on any atom is -0.330 e. The molecule has 1 aliphatic rings. The highest BCUT2D eigenvalue weighted by molar-refractivity contribution is 7.99. The summed E-state index contributed by atoms with van der Waals surface area (Å²) in [5.74, 6) is 3.74. The Bertz CT molecular complexity index is 135. The molecule has 1 heterocycles. The summed E-state index contributed by atoms with van der Waals surface area (Å²) in [5, 5.41) is 3.54. The van der Waals surface area contributed by atoms with Gasteiger partial charge in [-0.1, -0.05) is 0 Å². The fraction of sp³-hybridized carbons (Fsp3) is 1.00. The zero-order chi connectivity index (χ0) is 10.2. The molecule has 0 spiro atoms. The van der Waals surface area contributed by atoms with Crippen LogP contribution in [0.3, 0.4) is 0 Å². The molecule has 1 atom stereocenters. The molecule has 1 aliphatic heterocycles. The van der Waals surface area contributed by atoms with Crippen molar-refractivity contribution in [3.05, 3.63) is 0 Å². The minimum atomic E-state index is 0.595. The van der Waals surface area contributed by atoms with E-state index in [0.717, 1.165) is 18.9 Å². The summed E-state index contributed by atoms with van der Waals surface area (Å²) in [5.41, 5.74) is 5.50. The van der Waals surface area contributed by atoms with Crippen molar-refractivity contribution in [2.75, 3.05) is 24.6 Å². The van der Waals surface area contributed by atoms with Crippen molar-refractivity contribution < 1.29 is 0 Å². The molecule has 1 unspecified atom stereocenters. The van der Waals surface area contributed by atoms with Crippen molar-refractivity contribution in [2.24, 2.45) is 11.7 Å². The van der Waals surface area contributed by atoms with E-state index in [1.165, 1.54) is 37.3 Å². The van der Waals surface area contributed by atoms with E-state index < -0.39 is 0 Å². The highest BCUT2D eigenvalue weighted by Gasteiger charge is 2.13. The predicted molar refractivity (Wildman–Crippen MR) is 65.8 cm³/mol. The first-order valence-corrected chi connectivity index (χ1v) is 6.99. The van der Waals surface area contributed by atoms with Gasteiger partial charge in [0.2, 0.25) is 0 Å². The Kier molecular flexibility index (Phi) is 6.65. The molecular formula is C11H24N2S. The monoisotopic (exact) mass is 216 g/mol. The number of rotatable bonds is 6. The van der Waals surface area contributed by atoms with E-state index in [4.69, 9.17) is 5.73 Å². The van der Waals surface area contributed by atoms with Crippen LogP contribution in [-0.4, -0.2) is 30.6 Å². The third kappa shape index (κ3) is 5.23. The van der Waals surface area contributed by atoms with Crippen LogP contribution < -0.4 is 11.1 Å². The third-order valence-electron chi connectivity index (χ3n) is 2.99. The lowest BCUT2D eigenvalue weighted by Gasteiger charge is -2.22. The smallest absolute Gasteiger partial charge is 0.00507 e. The standard InChI is InChI=1S/C11H24N2S/c1-10(2-6-12)13-7-3-11-4-8-14-9-5-11/h10-11,13H,2-9,12H2,1H3. The molecule has 3 N–H and O–H groups in total. The van der Waals surface area contributed by atoms with Gasteiger partial charge in [0.1, 0.15) is 0 Å². The summed E-state index contributed by atoms with van der Waals surface area (Å²) in [6.45, 7) is 4.20. The number of thioether (sulfide) groups is 1. The van der Waals surface area contributed by atoms with Crippen LogP contribution in [0.25, 0.3) is 0 Å². The van der Waals surface area contributed by atoms with Gasteiger partial charge in [0.05, 0.1) is 0 Å². The fourth-order valence-electron chi connectivity index (χ4n) is 1.92. The summed E-state index contributed by atoms with van der Waals surface area (Å²) in [7, 11) is 0. The van der Waals surface area contributed by atoms with Gasteiger partial charge in [-0.15, -0.1) is 0 Å². The van der Waals surface area contributed by atoms with Gasteiger partial charge in [-0.25, -0.2) is 0 Å². The fourth-order valence-corrected chi connectivity index (χ4v) is 3.13. The van der Waals surface area contributed by atoms with Crippen molar-refractivity contribution in [1.82, 2.24) is 5.32 Å². The second-order valence-corrected chi connectivity index (χ2v) is 5.50. The highest BCUT2D eigenvalue weighted by Crippen LogP contribution is 2.24. The molecule has 0 amide bonds. The summed E-state index contributed by atoms with van der Waals surface area (Å²) in [6.07, 6.45) is 5.31. The Morgan fingerprint density at radius 1 is 1.43 bits per heavy atom. The zero-order valence-electron chi connectivity index (χ0n) is 9.30. The molecule has 0 bridgehead atoms. The quantitative estimate of drug-likeness (QED) is 0.711. The Labute approximate surface area is 92.4 Å². The van der Waals surface area contributed by atoms with Gasteiger partial charge in [0, 0.05) is 6.04 Å². The molecule has 1 rings (SSSR count). The van der Waals surface area contributed by atoms with Gasteiger partial charge in [-0.05, 0) is 63.1 Å². The van der Waals surface area contributed by atoms with E-state index in [0.29, 0.717) is 6.04 Å². The van der Waals surface area contributed by atoms with E-state index in [-0.39, 0.29) is 0 Å². The lowest BCUT2D eigenvalue weighted by Crippen LogP contribution is -2.30. The molecule has 3 heteroatoms. The van der Waals surface area contributed by atoms with Crippen LogP contribution in [0.4, 0.5) is 0 Å². The third-order valence-corrected chi connectivity index (χ3v) is 4.03. The summed E-state index contributed by atoms with van der Waals surface area (Å²) in [4.78, 5) is 0. The molecule has 84 valence electrons. The average molecular weight is 216 g/mol. The summed E-state index contributed by atoms with van der Waals surface area (Å²) >= 11 is 2.11. The zero-order valence-corrected chi connectivity index (χ0v) is 10.1. The molecule has 0 aromatic carbocycles. The molecule has 0 radical (unpaired) electrons. The van der Waals surface area contributed by atoms with Crippen molar-refractivity contribution in [3.63, 3.8) is 0 Å². The normalized spacial score (nSPS) is 21.0. The first kappa shape index (κ1) is 12.3. The van der Waals surface area contributed by atoms with Crippen molar-refractivity contribution >= 4 is 11.8 Å². The van der Waals surface area contributed by atoms with Gasteiger partial charge >= 0.3 is 0 Å². The van der Waals surface area contributed by atoms with E-state index >= 15 is 0 Å². The molecule has 2 nitrogen and oxygen atoms in total. The summed E-state index contributed by atoms with van der Waals surface area (Å²) < 4.78 is 0. The number of nitrogens with one attached hydrogen (secondary N) is 1. The number of nitrogens with two attached hydrogens (primary N) is 1. The second-order valence-electron chi connectivity index (χ2n) is 4.28. The lowest BCUT2D eigenvalue weighted by molar-refractivity contribution is 0.414. The Morgan fingerprint density at radius 2 is 2.14 bits per heavy atom. The van der Waals surface area contributed by atoms with Gasteiger partial charge in [0.15, 0.2) is 0 Å². The van der Waals surface area contributed by atoms with Crippen LogP contribution in [0, 0.1) is 5.92 Å². The van der Waals surface area contributed by atoms with Crippen LogP contribution in [0.1, 0.15) is 32.6 Å². The van der Waals surface area contributed by atoms with Gasteiger partial charge in [-0.3, -0.25) is 0 Å². The molecule has 0 aromatic heterocycles. The first-order chi connectivity index (χ1) is 6.83. The molecule has 0 aliphatic carbocycles. The first-order valence-electron chi connectivity index (χ1n) is 5.84. The SMILES string of the molecule is CC(CCN)NCCC1CCSCC1. The molecule has 1 fully saturated rings. The molecule has 0 aromatic rings. The maximum atomic E-state index is 5.50. The minimum absolute atomic E-state index is 0.595. The van der Waals surface area contributed by atoms with Gasteiger partial charge < -0.3 is 11.1 Å². The van der Waals surface area contributed by atoms with E-state index in [9.17, 15) is 0 Å². The Balaban J connectivity index is 1.96. The predicted octanol–water partition coefficient (Wildman–Crippen LogP) is 1.85. The highest BCUT2D eigenvalue weighted by atomic mass is 32.2. The Morgan fingerprint density at radius 3 is 2.79 bits per heavy atom. The van der Waals surface area contributed by atoms with Crippen molar-refractivity contribution in [2.45, 2.75) is 38.6 Å². The van der Waals surface area contributed by atoms with E-state index in [1.54, 1.807) is 0 Å². The van der Waals surface area contributed by atoms with Gasteiger partial charge in [0.25, 0.3) is 0 Å². The maximum absolute atomic E-state index is 5.50. The van der Waals surface area contributed by atoms with E-state index in [1.807, 2.05) is 0 Å². The van der Waals surface area contributed by atoms with Crippen LogP contribution in [0.15, 0.2) is 0 Å². The second kappa shape index (κ2) is 7.55. The molecule has 14 heavy (non-hydrogen) atoms. The van der Waals surface area contributed by atoms with E-state index in [2.05, 4.69) is 24.0 Å². The van der Waals surface area contributed by atoms with Crippen molar-refractivity contribution in [1.29, 1.82) is 0 Å². The maximum Gasteiger partial charge on any atom is 0.00507 e. The van der Waals surface area contributed by atoms with Gasteiger partial charge in [-0.2, -0.15) is 11.8 Å². The molecule has 0 saturated carbocycles. The largest absolute Gasteiger partial charge is 0.330 e. The topological polar surface area (TPSA) is 38.0 Å². The number of hydrogen-bond acceptors (Lipinski definition) is 3. The van der Waals surface area contributed by atoms with Crippen LogP contribution in [0.5, 0.6) is 0 Å². The summed E-state index contributed by atoms with van der Waals surface area (Å²) in [6, 6.07) is 0.595. The molecule has 1 saturated heterocycles. The Hall–Kier alpha value is 0.270. The number of hydrogen-bond donors (Lipinski definition) is 2. The lowest BCUT2D eigenvalue weighted by atomic mass is 9.99. The molecular weight excluding hydrogens is 192 g/mol. The van der Waals surface area contributed by atoms with Crippen LogP contribution in [0.2, 0.25) is 0 Å². The van der Waals surface area contributed by atoms with Crippen molar-refractivity contribution in [3.8, 4) is 0 Å². The van der Waals surface area contributed by atoms with Crippen LogP contribution >= 0.6 is 11.8 Å².